The number of carboxylic acid groups (broad SMARTS) is 4. The third-order valence-electron chi connectivity index (χ3n) is 0.258. The summed E-state index contributed by atoms with van der Waals surface area (Å²) in [6.07, 6.45) is 0. The first-order chi connectivity index (χ1) is 8.00. The number of carbonyl (C=O) groups is 4. The van der Waals surface area contributed by atoms with Crippen molar-refractivity contribution in [2.75, 3.05) is 13.2 Å². The second kappa shape index (κ2) is 30.8. The summed E-state index contributed by atoms with van der Waals surface area (Å²) < 4.78 is 0. The van der Waals surface area contributed by atoms with Crippen LogP contribution in [0.5, 0.6) is 0 Å². The zero-order chi connectivity index (χ0) is 15.7. The molecule has 20 heavy (non-hydrogen) atoms. The third kappa shape index (κ3) is 473. The van der Waals surface area contributed by atoms with Gasteiger partial charge in [0.05, 0.1) is 25.2 Å². The molecule has 0 bridgehead atoms. The van der Waals surface area contributed by atoms with Crippen molar-refractivity contribution in [1.82, 2.24) is 0 Å². The zero-order valence-corrected chi connectivity index (χ0v) is 16.9. The number of aliphatic hydroxyl groups is 2. The van der Waals surface area contributed by atoms with Crippen LogP contribution in [0.3, 0.4) is 0 Å². The standard InChI is InChI=1S/2C2H4O3.2C2H4O2.2Zn/c2*3-1-2(4)5;2*1-2(3)4;;/h2*3H,1H2,(H,4,5);2*1H3,(H,3,4);;/q;;;;2*+2/p-4. The van der Waals surface area contributed by atoms with Crippen molar-refractivity contribution in [2.24, 2.45) is 0 Å². The second-order valence-corrected chi connectivity index (χ2v) is 2.04. The minimum absolute atomic E-state index is 0. The van der Waals surface area contributed by atoms with E-state index in [1.165, 1.54) is 0 Å². The number of carbonyl (C=O) groups excluding carboxylic acids is 4. The minimum Gasteiger partial charge on any atom is -0.550 e. The summed E-state index contributed by atoms with van der Waals surface area (Å²) in [5.41, 5.74) is 0. The van der Waals surface area contributed by atoms with Crippen LogP contribution in [-0.2, 0) is 58.1 Å². The topological polar surface area (TPSA) is 201 Å². The first-order valence-corrected chi connectivity index (χ1v) is 3.97. The van der Waals surface area contributed by atoms with Crippen LogP contribution in [0, 0.1) is 0 Å². The molecule has 2 N–H and O–H groups in total. The number of aliphatic carboxylic acids is 4. The van der Waals surface area contributed by atoms with Gasteiger partial charge in [-0.1, -0.05) is 0 Å². The molecule has 0 heterocycles. The Bertz CT molecular complexity index is 222. The summed E-state index contributed by atoms with van der Waals surface area (Å²) in [4.78, 5) is 35.8. The van der Waals surface area contributed by atoms with E-state index in [4.69, 9.17) is 49.8 Å². The molecule has 0 aliphatic carbocycles. The molecule has 0 amide bonds. The van der Waals surface area contributed by atoms with Gasteiger partial charge in [0.2, 0.25) is 0 Å². The van der Waals surface area contributed by atoms with Gasteiger partial charge in [-0.3, -0.25) is 0 Å². The fourth-order valence-electron chi connectivity index (χ4n) is 0. The van der Waals surface area contributed by atoms with Crippen LogP contribution in [0.25, 0.3) is 0 Å². The van der Waals surface area contributed by atoms with Crippen LogP contribution in [-0.4, -0.2) is 47.3 Å². The van der Waals surface area contributed by atoms with Crippen molar-refractivity contribution in [1.29, 1.82) is 0 Å². The minimum atomic E-state index is -1.44. The van der Waals surface area contributed by atoms with Gasteiger partial charge in [0.15, 0.2) is 0 Å². The van der Waals surface area contributed by atoms with Crippen LogP contribution in [0.1, 0.15) is 13.8 Å². The molecule has 0 radical (unpaired) electrons. The average Bonchev–Trinajstić information content (AvgIpc) is 2.16. The molecule has 0 spiro atoms. The van der Waals surface area contributed by atoms with Crippen molar-refractivity contribution in [3.8, 4) is 0 Å². The van der Waals surface area contributed by atoms with Gasteiger partial charge in [0.25, 0.3) is 0 Å². The van der Waals surface area contributed by atoms with E-state index in [1.807, 2.05) is 0 Å². The summed E-state index contributed by atoms with van der Waals surface area (Å²) in [6, 6.07) is 0. The molecule has 0 aliphatic rings. The molecule has 0 saturated carbocycles. The van der Waals surface area contributed by atoms with Gasteiger partial charge in [0, 0.05) is 11.9 Å². The van der Waals surface area contributed by atoms with Gasteiger partial charge in [-0.15, -0.1) is 0 Å². The van der Waals surface area contributed by atoms with Gasteiger partial charge in [0.1, 0.15) is 0 Å². The first-order valence-electron chi connectivity index (χ1n) is 3.97. The number of hydrogen-bond acceptors (Lipinski definition) is 10. The molecule has 0 fully saturated rings. The van der Waals surface area contributed by atoms with Gasteiger partial charge < -0.3 is 49.8 Å². The molecule has 0 atom stereocenters. The number of carboxylic acids is 4. The maximum atomic E-state index is 9.01. The normalized spacial score (nSPS) is 6.20. The fraction of sp³-hybridized carbons (Fsp3) is 0.500. The van der Waals surface area contributed by atoms with Crippen molar-refractivity contribution >= 4 is 23.9 Å². The van der Waals surface area contributed by atoms with Gasteiger partial charge in [-0.05, 0) is 13.8 Å². The van der Waals surface area contributed by atoms with Crippen LogP contribution >= 0.6 is 0 Å². The second-order valence-electron chi connectivity index (χ2n) is 2.04. The quantitative estimate of drug-likeness (QED) is 0.420. The third-order valence-corrected chi connectivity index (χ3v) is 0.258. The fourth-order valence-corrected chi connectivity index (χ4v) is 0. The van der Waals surface area contributed by atoms with E-state index in [-0.39, 0.29) is 39.0 Å². The maximum absolute atomic E-state index is 9.01. The Kier molecular flexibility index (Phi) is 56.1. The molecule has 0 aromatic carbocycles. The Labute approximate surface area is 139 Å². The Morgan fingerprint density at radius 2 is 0.750 bits per heavy atom. The van der Waals surface area contributed by atoms with E-state index in [1.54, 1.807) is 0 Å². The van der Waals surface area contributed by atoms with Crippen molar-refractivity contribution in [3.63, 3.8) is 0 Å². The summed E-state index contributed by atoms with van der Waals surface area (Å²) in [5.74, 6) is -5.05. The molecule has 0 aromatic heterocycles. The van der Waals surface area contributed by atoms with Crippen LogP contribution < -0.4 is 20.4 Å². The van der Waals surface area contributed by atoms with Crippen LogP contribution in [0.2, 0.25) is 0 Å². The van der Waals surface area contributed by atoms with Crippen molar-refractivity contribution in [3.05, 3.63) is 0 Å². The molecular weight excluding hydrogens is 387 g/mol. The Hall–Kier alpha value is -0.953. The predicted molar refractivity (Wildman–Crippen MR) is 45.5 cm³/mol. The zero-order valence-electron chi connectivity index (χ0n) is 11.0. The molecule has 0 saturated heterocycles. The summed E-state index contributed by atoms with van der Waals surface area (Å²) >= 11 is 0. The molecule has 0 unspecified atom stereocenters. The van der Waals surface area contributed by atoms with E-state index in [2.05, 4.69) is 0 Å². The largest absolute Gasteiger partial charge is 2.00 e. The van der Waals surface area contributed by atoms with Crippen molar-refractivity contribution < 1.29 is 88.8 Å². The molecule has 10 nitrogen and oxygen atoms in total. The number of rotatable bonds is 2. The average molecular weight is 399 g/mol. The SMILES string of the molecule is CC(=O)[O-].CC(=O)[O-].O=C([O-])CO.O=C([O-])CO.[Zn+2].[Zn+2]. The monoisotopic (exact) mass is 396 g/mol. The molecule has 0 aliphatic heterocycles. The van der Waals surface area contributed by atoms with Crippen LogP contribution in [0.4, 0.5) is 0 Å². The molecule has 0 rings (SSSR count). The first kappa shape index (κ1) is 36.4. The van der Waals surface area contributed by atoms with Crippen LogP contribution in [0.15, 0.2) is 0 Å². The van der Waals surface area contributed by atoms with E-state index < -0.39 is 37.1 Å². The number of hydrogen-bond donors (Lipinski definition) is 2. The molecule has 0 aromatic rings. The molecule has 108 valence electrons. The van der Waals surface area contributed by atoms with Gasteiger partial charge >= 0.3 is 39.0 Å². The summed E-state index contributed by atoms with van der Waals surface area (Å²) in [7, 11) is 0. The van der Waals surface area contributed by atoms with Crippen molar-refractivity contribution in [2.45, 2.75) is 13.8 Å². The Morgan fingerprint density at radius 1 is 0.700 bits per heavy atom. The van der Waals surface area contributed by atoms with E-state index >= 15 is 0 Å². The Balaban J connectivity index is -0.0000000318. The number of aliphatic hydroxyl groups excluding tert-OH is 2. The van der Waals surface area contributed by atoms with E-state index in [0.29, 0.717) is 0 Å². The summed E-state index contributed by atoms with van der Waals surface area (Å²) in [5, 5.41) is 50.8. The molecule has 12 heteroatoms. The molecular formula is C8H12O10Zn2. The van der Waals surface area contributed by atoms with Gasteiger partial charge in [-0.25, -0.2) is 0 Å². The maximum Gasteiger partial charge on any atom is 2.00 e. The van der Waals surface area contributed by atoms with E-state index in [0.717, 1.165) is 13.8 Å². The summed E-state index contributed by atoms with van der Waals surface area (Å²) in [6.45, 7) is 0.167. The van der Waals surface area contributed by atoms with E-state index in [9.17, 15) is 0 Å². The predicted octanol–water partition coefficient (Wildman–Crippen LogP) is -7.04. The Morgan fingerprint density at radius 3 is 0.750 bits per heavy atom. The van der Waals surface area contributed by atoms with Gasteiger partial charge in [-0.2, -0.15) is 0 Å². The smallest absolute Gasteiger partial charge is 0.550 e.